The van der Waals surface area contributed by atoms with Crippen molar-refractivity contribution in [1.29, 1.82) is 0 Å². The monoisotopic (exact) mass is 249 g/mol. The summed E-state index contributed by atoms with van der Waals surface area (Å²) in [7, 11) is 0. The molecule has 5 heteroatoms. The number of nitrogens with zero attached hydrogens (tertiary/aromatic N) is 2. The van der Waals surface area contributed by atoms with Crippen molar-refractivity contribution in [3.05, 3.63) is 54.2 Å². The molecule has 0 radical (unpaired) electrons. The van der Waals surface area contributed by atoms with Crippen molar-refractivity contribution >= 4 is 11.8 Å². The van der Waals surface area contributed by atoms with E-state index >= 15 is 0 Å². The Kier molecular flexibility index (Phi) is 4.06. The van der Waals surface area contributed by atoms with Gasteiger partial charge in [-0.2, -0.15) is 0 Å². The highest BCUT2D eigenvalue weighted by Crippen LogP contribution is 2.33. The third-order valence-corrected chi connectivity index (χ3v) is 3.45. The molecule has 1 atom stereocenters. The maximum Gasteiger partial charge on any atom is 0.127 e. The summed E-state index contributed by atoms with van der Waals surface area (Å²) in [6, 6.07) is 6.66. The van der Waals surface area contributed by atoms with Crippen LogP contribution in [-0.4, -0.2) is 16.5 Å². The summed E-state index contributed by atoms with van der Waals surface area (Å²) in [5.41, 5.74) is 6.29. The van der Waals surface area contributed by atoms with Gasteiger partial charge in [-0.25, -0.2) is 9.37 Å². The molecular formula is C12H12FN3S. The maximum absolute atomic E-state index is 13.6. The fourth-order valence-corrected chi connectivity index (χ4v) is 2.42. The lowest BCUT2D eigenvalue weighted by Gasteiger charge is -2.14. The number of benzene rings is 1. The van der Waals surface area contributed by atoms with Crippen LogP contribution in [0.15, 0.2) is 47.9 Å². The van der Waals surface area contributed by atoms with Gasteiger partial charge >= 0.3 is 0 Å². The van der Waals surface area contributed by atoms with Crippen LogP contribution >= 0.6 is 11.8 Å². The first-order valence-corrected chi connectivity index (χ1v) is 6.06. The second kappa shape index (κ2) is 5.75. The standard InChI is InChI=1S/C12H12FN3S/c13-10-4-2-1-3-9(10)11(7-14)17-12-8-15-5-6-16-12/h1-6,8,11H,7,14H2. The van der Waals surface area contributed by atoms with Gasteiger partial charge < -0.3 is 5.73 Å². The second-order valence-corrected chi connectivity index (χ2v) is 4.63. The van der Waals surface area contributed by atoms with Crippen molar-refractivity contribution in [2.45, 2.75) is 10.3 Å². The van der Waals surface area contributed by atoms with E-state index in [2.05, 4.69) is 9.97 Å². The average molecular weight is 249 g/mol. The summed E-state index contributed by atoms with van der Waals surface area (Å²) in [6.45, 7) is 0.349. The van der Waals surface area contributed by atoms with Gasteiger partial charge in [-0.15, -0.1) is 0 Å². The minimum atomic E-state index is -0.237. The van der Waals surface area contributed by atoms with Gasteiger partial charge in [-0.1, -0.05) is 30.0 Å². The molecule has 0 aliphatic rings. The lowest BCUT2D eigenvalue weighted by atomic mass is 10.1. The smallest absolute Gasteiger partial charge is 0.127 e. The first-order chi connectivity index (χ1) is 8.31. The molecule has 88 valence electrons. The van der Waals surface area contributed by atoms with Crippen LogP contribution in [0.1, 0.15) is 10.8 Å². The normalized spacial score (nSPS) is 12.4. The zero-order valence-corrected chi connectivity index (χ0v) is 9.90. The third kappa shape index (κ3) is 3.01. The van der Waals surface area contributed by atoms with Crippen LogP contribution in [0.5, 0.6) is 0 Å². The second-order valence-electron chi connectivity index (χ2n) is 3.41. The Hall–Kier alpha value is -1.46. The zero-order chi connectivity index (χ0) is 12.1. The summed E-state index contributed by atoms with van der Waals surface area (Å²) < 4.78 is 13.6. The van der Waals surface area contributed by atoms with Crippen molar-refractivity contribution in [2.75, 3.05) is 6.54 Å². The van der Waals surface area contributed by atoms with E-state index in [1.54, 1.807) is 36.8 Å². The van der Waals surface area contributed by atoms with Gasteiger partial charge in [-0.3, -0.25) is 4.98 Å². The molecule has 17 heavy (non-hydrogen) atoms. The predicted molar refractivity (Wildman–Crippen MR) is 66.1 cm³/mol. The van der Waals surface area contributed by atoms with Crippen LogP contribution in [0.2, 0.25) is 0 Å². The minimum Gasteiger partial charge on any atom is -0.329 e. The predicted octanol–water partition coefficient (Wildman–Crippen LogP) is 2.41. The highest BCUT2D eigenvalue weighted by Gasteiger charge is 2.15. The molecule has 1 heterocycles. The molecule has 0 saturated heterocycles. The Morgan fingerprint density at radius 1 is 1.29 bits per heavy atom. The third-order valence-electron chi connectivity index (χ3n) is 2.27. The van der Waals surface area contributed by atoms with Crippen molar-refractivity contribution in [1.82, 2.24) is 9.97 Å². The molecule has 0 fully saturated rings. The van der Waals surface area contributed by atoms with Crippen LogP contribution < -0.4 is 5.73 Å². The molecule has 0 aliphatic carbocycles. The van der Waals surface area contributed by atoms with Gasteiger partial charge in [0.05, 0.1) is 11.4 Å². The number of thioether (sulfide) groups is 1. The summed E-state index contributed by atoms with van der Waals surface area (Å²) in [6.07, 6.45) is 4.86. The quantitative estimate of drug-likeness (QED) is 0.845. The molecule has 3 nitrogen and oxygen atoms in total. The summed E-state index contributed by atoms with van der Waals surface area (Å²) in [5.74, 6) is -0.237. The Balaban J connectivity index is 2.21. The highest BCUT2D eigenvalue weighted by atomic mass is 32.2. The molecule has 0 bridgehead atoms. The van der Waals surface area contributed by atoms with E-state index in [9.17, 15) is 4.39 Å². The number of hydrogen-bond donors (Lipinski definition) is 1. The molecule has 0 amide bonds. The molecule has 1 aromatic carbocycles. The van der Waals surface area contributed by atoms with Crippen molar-refractivity contribution < 1.29 is 4.39 Å². The van der Waals surface area contributed by atoms with Gasteiger partial charge in [0.2, 0.25) is 0 Å². The Morgan fingerprint density at radius 2 is 2.12 bits per heavy atom. The van der Waals surface area contributed by atoms with E-state index in [4.69, 9.17) is 5.73 Å². The van der Waals surface area contributed by atoms with E-state index in [0.717, 1.165) is 5.03 Å². The lowest BCUT2D eigenvalue weighted by Crippen LogP contribution is -2.11. The van der Waals surface area contributed by atoms with Crippen LogP contribution in [0, 0.1) is 5.82 Å². The molecule has 2 N–H and O–H groups in total. The molecule has 0 saturated carbocycles. The van der Waals surface area contributed by atoms with Gasteiger partial charge in [-0.05, 0) is 6.07 Å². The number of nitrogens with two attached hydrogens (primary N) is 1. The molecule has 1 aromatic heterocycles. The Morgan fingerprint density at radius 3 is 2.76 bits per heavy atom. The van der Waals surface area contributed by atoms with Gasteiger partial charge in [0.1, 0.15) is 10.8 Å². The maximum atomic E-state index is 13.6. The van der Waals surface area contributed by atoms with E-state index in [0.29, 0.717) is 12.1 Å². The van der Waals surface area contributed by atoms with E-state index in [1.807, 2.05) is 0 Å². The van der Waals surface area contributed by atoms with Gasteiger partial charge in [0.15, 0.2) is 0 Å². The molecular weight excluding hydrogens is 237 g/mol. The van der Waals surface area contributed by atoms with Crippen LogP contribution in [-0.2, 0) is 0 Å². The highest BCUT2D eigenvalue weighted by molar-refractivity contribution is 7.99. The van der Waals surface area contributed by atoms with Gasteiger partial charge in [0.25, 0.3) is 0 Å². The van der Waals surface area contributed by atoms with Crippen molar-refractivity contribution in [2.24, 2.45) is 5.73 Å². The van der Waals surface area contributed by atoms with Gasteiger partial charge in [0, 0.05) is 24.5 Å². The Labute approximate surface area is 103 Å². The SMILES string of the molecule is NCC(Sc1cnccn1)c1ccccc1F. The van der Waals surface area contributed by atoms with Crippen LogP contribution in [0.4, 0.5) is 4.39 Å². The summed E-state index contributed by atoms with van der Waals surface area (Å²) >= 11 is 1.42. The molecule has 0 spiro atoms. The largest absolute Gasteiger partial charge is 0.329 e. The minimum absolute atomic E-state index is 0.145. The fourth-order valence-electron chi connectivity index (χ4n) is 1.47. The zero-order valence-electron chi connectivity index (χ0n) is 9.08. The Bertz CT molecular complexity index is 478. The summed E-state index contributed by atoms with van der Waals surface area (Å²) in [4.78, 5) is 8.11. The number of halogens is 1. The van der Waals surface area contributed by atoms with E-state index in [-0.39, 0.29) is 11.1 Å². The van der Waals surface area contributed by atoms with E-state index < -0.39 is 0 Å². The average Bonchev–Trinajstić information content (AvgIpc) is 2.38. The number of aromatic nitrogens is 2. The number of rotatable bonds is 4. The first-order valence-electron chi connectivity index (χ1n) is 5.18. The van der Waals surface area contributed by atoms with Crippen LogP contribution in [0.3, 0.4) is 0 Å². The molecule has 2 aromatic rings. The molecule has 0 aliphatic heterocycles. The topological polar surface area (TPSA) is 51.8 Å². The first kappa shape index (κ1) is 12.0. The van der Waals surface area contributed by atoms with Crippen molar-refractivity contribution in [3.8, 4) is 0 Å². The van der Waals surface area contributed by atoms with E-state index in [1.165, 1.54) is 17.8 Å². The number of hydrogen-bond acceptors (Lipinski definition) is 4. The van der Waals surface area contributed by atoms with Crippen molar-refractivity contribution in [3.63, 3.8) is 0 Å². The lowest BCUT2D eigenvalue weighted by molar-refractivity contribution is 0.608. The molecule has 1 unspecified atom stereocenters. The van der Waals surface area contributed by atoms with Crippen LogP contribution in [0.25, 0.3) is 0 Å². The molecule has 2 rings (SSSR count). The fraction of sp³-hybridized carbons (Fsp3) is 0.167. The summed E-state index contributed by atoms with van der Waals surface area (Å²) in [5, 5.41) is 0.596.